The number of rotatable bonds is 6. The van der Waals surface area contributed by atoms with Crippen LogP contribution in [0.25, 0.3) is 0 Å². The van der Waals surface area contributed by atoms with E-state index < -0.39 is 21.3 Å². The number of hydrogen-bond acceptors (Lipinski definition) is 5. The Kier molecular flexibility index (Phi) is 5.74. The standard InChI is InChI=1S/C9H13ClO7P2/c1-15-18(11,16-2)9(17-19(12,13)14)7-5-3-4-6-8(7)10/h3-6,9H,1-2H3,(H2,12,13,14). The highest BCUT2D eigenvalue weighted by Crippen LogP contribution is 2.65. The highest BCUT2D eigenvalue weighted by molar-refractivity contribution is 7.55. The summed E-state index contributed by atoms with van der Waals surface area (Å²) in [4.78, 5) is 17.8. The molecule has 0 aromatic heterocycles. The third kappa shape index (κ3) is 4.38. The Balaban J connectivity index is 3.32. The summed E-state index contributed by atoms with van der Waals surface area (Å²) in [5.74, 6) is -1.63. The fraction of sp³-hybridized carbons (Fsp3) is 0.333. The van der Waals surface area contributed by atoms with E-state index in [4.69, 9.17) is 30.4 Å². The summed E-state index contributed by atoms with van der Waals surface area (Å²) < 4.78 is 37.3. The lowest BCUT2D eigenvalue weighted by atomic mass is 10.2. The van der Waals surface area contributed by atoms with Crippen molar-refractivity contribution < 1.29 is 32.5 Å². The quantitative estimate of drug-likeness (QED) is 0.773. The Hall–Kier alpha value is -0.230. The Labute approximate surface area is 115 Å². The number of benzene rings is 1. The van der Waals surface area contributed by atoms with Gasteiger partial charge in [-0.05, 0) is 6.07 Å². The van der Waals surface area contributed by atoms with Gasteiger partial charge < -0.3 is 18.8 Å². The van der Waals surface area contributed by atoms with E-state index in [9.17, 15) is 9.13 Å². The Bertz CT molecular complexity index is 521. The minimum atomic E-state index is -4.92. The zero-order chi connectivity index (χ0) is 14.7. The molecule has 0 saturated heterocycles. The highest BCUT2D eigenvalue weighted by Gasteiger charge is 2.42. The largest absolute Gasteiger partial charge is 0.470 e. The average molecular weight is 331 g/mol. The molecule has 0 spiro atoms. The molecule has 0 fully saturated rings. The number of hydrogen-bond donors (Lipinski definition) is 2. The molecule has 0 aliphatic rings. The van der Waals surface area contributed by atoms with Gasteiger partial charge in [0.05, 0.1) is 0 Å². The molecule has 19 heavy (non-hydrogen) atoms. The van der Waals surface area contributed by atoms with Crippen molar-refractivity contribution in [3.05, 3.63) is 34.9 Å². The molecule has 0 bridgehead atoms. The van der Waals surface area contributed by atoms with E-state index in [1.54, 1.807) is 12.1 Å². The molecule has 10 heteroatoms. The van der Waals surface area contributed by atoms with E-state index in [1.807, 2.05) is 0 Å². The first-order valence-electron chi connectivity index (χ1n) is 4.93. The van der Waals surface area contributed by atoms with Crippen molar-refractivity contribution >= 4 is 27.0 Å². The van der Waals surface area contributed by atoms with Gasteiger partial charge in [0.15, 0.2) is 5.85 Å². The molecular weight excluding hydrogens is 317 g/mol. The summed E-state index contributed by atoms with van der Waals surface area (Å²) in [6.45, 7) is 0. The van der Waals surface area contributed by atoms with Crippen LogP contribution < -0.4 is 0 Å². The maximum Gasteiger partial charge on any atom is 0.470 e. The molecule has 1 aromatic rings. The Morgan fingerprint density at radius 3 is 2.11 bits per heavy atom. The van der Waals surface area contributed by atoms with E-state index in [0.717, 1.165) is 14.2 Å². The van der Waals surface area contributed by atoms with Crippen LogP contribution >= 0.6 is 27.0 Å². The predicted molar refractivity (Wildman–Crippen MR) is 68.9 cm³/mol. The van der Waals surface area contributed by atoms with Gasteiger partial charge in [0.1, 0.15) is 0 Å². The van der Waals surface area contributed by atoms with Crippen LogP contribution in [-0.2, 0) is 22.7 Å². The normalized spacial score (nSPS) is 14.4. The van der Waals surface area contributed by atoms with Gasteiger partial charge in [-0.2, -0.15) is 0 Å². The van der Waals surface area contributed by atoms with E-state index in [-0.39, 0.29) is 10.6 Å². The molecule has 108 valence electrons. The van der Waals surface area contributed by atoms with Crippen molar-refractivity contribution in [2.45, 2.75) is 5.85 Å². The Morgan fingerprint density at radius 2 is 1.68 bits per heavy atom. The summed E-state index contributed by atoms with van der Waals surface area (Å²) in [7, 11) is -6.70. The first-order valence-corrected chi connectivity index (χ1v) is 8.45. The van der Waals surface area contributed by atoms with E-state index in [1.165, 1.54) is 12.1 Å². The highest BCUT2D eigenvalue weighted by atomic mass is 35.5. The maximum absolute atomic E-state index is 12.3. The second-order valence-corrected chi connectivity index (χ2v) is 7.25. The molecule has 0 radical (unpaired) electrons. The van der Waals surface area contributed by atoms with Gasteiger partial charge in [0.25, 0.3) is 0 Å². The van der Waals surface area contributed by atoms with E-state index in [0.29, 0.717) is 0 Å². The zero-order valence-electron chi connectivity index (χ0n) is 10.1. The summed E-state index contributed by atoms with van der Waals surface area (Å²) in [5.41, 5.74) is 0.0968. The van der Waals surface area contributed by atoms with Gasteiger partial charge in [-0.1, -0.05) is 29.8 Å². The molecule has 0 heterocycles. The third-order valence-corrected chi connectivity index (χ3v) is 5.18. The molecule has 1 rings (SSSR count). The average Bonchev–Trinajstić information content (AvgIpc) is 2.35. The van der Waals surface area contributed by atoms with Crippen LogP contribution in [0.1, 0.15) is 11.4 Å². The molecule has 0 aliphatic carbocycles. The molecular formula is C9H13ClO7P2. The van der Waals surface area contributed by atoms with Gasteiger partial charge in [0.2, 0.25) is 0 Å². The molecule has 0 aliphatic heterocycles. The van der Waals surface area contributed by atoms with Crippen LogP contribution in [0.15, 0.2) is 24.3 Å². The maximum atomic E-state index is 12.3. The van der Waals surface area contributed by atoms with Crippen LogP contribution in [0.4, 0.5) is 0 Å². The molecule has 0 amide bonds. The summed E-state index contributed by atoms with van der Waals surface area (Å²) in [6, 6.07) is 6.02. The molecule has 0 saturated carbocycles. The summed E-state index contributed by atoms with van der Waals surface area (Å²) >= 11 is 5.90. The first-order chi connectivity index (χ1) is 8.73. The topological polar surface area (TPSA) is 102 Å². The van der Waals surface area contributed by atoms with Crippen molar-refractivity contribution in [1.82, 2.24) is 0 Å². The summed E-state index contributed by atoms with van der Waals surface area (Å²) in [6.07, 6.45) is 0. The van der Waals surface area contributed by atoms with E-state index in [2.05, 4.69) is 4.52 Å². The first kappa shape index (κ1) is 16.8. The predicted octanol–water partition coefficient (Wildman–Crippen LogP) is 2.93. The fourth-order valence-corrected chi connectivity index (χ4v) is 3.97. The van der Waals surface area contributed by atoms with Crippen LogP contribution in [0, 0.1) is 0 Å². The van der Waals surface area contributed by atoms with Gasteiger partial charge in [-0.25, -0.2) is 4.57 Å². The molecule has 1 aromatic carbocycles. The number of phosphoric acid groups is 1. The van der Waals surface area contributed by atoms with Gasteiger partial charge in [0, 0.05) is 24.8 Å². The van der Waals surface area contributed by atoms with Crippen molar-refractivity contribution in [2.24, 2.45) is 0 Å². The molecule has 1 unspecified atom stereocenters. The van der Waals surface area contributed by atoms with Crippen molar-refractivity contribution in [3.63, 3.8) is 0 Å². The van der Waals surface area contributed by atoms with Gasteiger partial charge >= 0.3 is 15.4 Å². The van der Waals surface area contributed by atoms with E-state index >= 15 is 0 Å². The summed E-state index contributed by atoms with van der Waals surface area (Å²) in [5, 5.41) is 0.121. The van der Waals surface area contributed by atoms with Crippen LogP contribution in [0.3, 0.4) is 0 Å². The smallest absolute Gasteiger partial charge is 0.310 e. The zero-order valence-corrected chi connectivity index (χ0v) is 12.6. The molecule has 2 N–H and O–H groups in total. The minimum absolute atomic E-state index is 0.0968. The lowest BCUT2D eigenvalue weighted by Crippen LogP contribution is -2.07. The van der Waals surface area contributed by atoms with Crippen LogP contribution in [0.2, 0.25) is 5.02 Å². The molecule has 7 nitrogen and oxygen atoms in total. The molecule has 1 atom stereocenters. The monoisotopic (exact) mass is 330 g/mol. The third-order valence-electron chi connectivity index (χ3n) is 2.20. The number of phosphoric ester groups is 1. The lowest BCUT2D eigenvalue weighted by Gasteiger charge is -2.25. The lowest BCUT2D eigenvalue weighted by molar-refractivity contribution is 0.143. The second kappa shape index (κ2) is 6.48. The Morgan fingerprint density at radius 1 is 1.16 bits per heavy atom. The second-order valence-electron chi connectivity index (χ2n) is 3.37. The van der Waals surface area contributed by atoms with Crippen molar-refractivity contribution in [2.75, 3.05) is 14.2 Å². The fourth-order valence-electron chi connectivity index (χ4n) is 1.36. The van der Waals surface area contributed by atoms with Gasteiger partial charge in [-0.15, -0.1) is 0 Å². The van der Waals surface area contributed by atoms with Crippen molar-refractivity contribution in [3.8, 4) is 0 Å². The SMILES string of the molecule is COP(=O)(OC)C(OP(=O)(O)O)c1ccccc1Cl. The minimum Gasteiger partial charge on any atom is -0.310 e. The van der Waals surface area contributed by atoms with Gasteiger partial charge in [-0.3, -0.25) is 9.09 Å². The number of halogens is 1. The van der Waals surface area contributed by atoms with Crippen LogP contribution in [-0.4, -0.2) is 24.0 Å². The van der Waals surface area contributed by atoms with Crippen molar-refractivity contribution in [1.29, 1.82) is 0 Å². The van der Waals surface area contributed by atoms with Crippen LogP contribution in [0.5, 0.6) is 0 Å².